The quantitative estimate of drug-likeness (QED) is 0.341. The Morgan fingerprint density at radius 1 is 1.53 bits per heavy atom. The summed E-state index contributed by atoms with van der Waals surface area (Å²) in [5.74, 6) is -0.541. The maximum atomic E-state index is 10.7. The molecule has 0 saturated carbocycles. The van der Waals surface area contributed by atoms with Gasteiger partial charge in [0.15, 0.2) is 0 Å². The fraction of sp³-hybridized carbons (Fsp3) is 0.125. The van der Waals surface area contributed by atoms with Crippen molar-refractivity contribution in [1.82, 2.24) is 0 Å². The van der Waals surface area contributed by atoms with Gasteiger partial charge >= 0.3 is 29.6 Å². The Morgan fingerprint density at radius 3 is 2.60 bits per heavy atom. The Morgan fingerprint density at radius 2 is 2.13 bits per heavy atom. The Kier molecular flexibility index (Phi) is 6.07. The van der Waals surface area contributed by atoms with Crippen LogP contribution in [0.5, 0.6) is 5.75 Å². The largest absolute Gasteiger partial charge is 1.00 e. The molecule has 1 atom stereocenters. The molecule has 5 nitrogen and oxygen atoms in total. The first-order valence-electron chi connectivity index (χ1n) is 3.70. The summed E-state index contributed by atoms with van der Waals surface area (Å²) in [5, 5.41) is 11.4. The van der Waals surface area contributed by atoms with E-state index >= 15 is 0 Å². The molecule has 0 aliphatic carbocycles. The van der Waals surface area contributed by atoms with Crippen molar-refractivity contribution in [2.75, 3.05) is 5.32 Å². The van der Waals surface area contributed by atoms with E-state index in [9.17, 15) is 13.6 Å². The second-order valence-corrected chi connectivity index (χ2v) is 3.51. The van der Waals surface area contributed by atoms with Crippen LogP contribution in [0.3, 0.4) is 0 Å². The van der Waals surface area contributed by atoms with Crippen molar-refractivity contribution < 1.29 is 48.2 Å². The number of phenols is 1. The van der Waals surface area contributed by atoms with E-state index in [0.717, 1.165) is 6.07 Å². The molecule has 0 aliphatic heterocycles. The molecule has 1 aromatic rings. The van der Waals surface area contributed by atoms with Crippen molar-refractivity contribution in [3.05, 3.63) is 18.2 Å². The van der Waals surface area contributed by atoms with E-state index in [2.05, 4.69) is 5.32 Å². The third kappa shape index (κ3) is 4.31. The van der Waals surface area contributed by atoms with E-state index in [-0.39, 0.29) is 51.8 Å². The van der Waals surface area contributed by atoms with E-state index in [1.807, 2.05) is 0 Å². The molecule has 1 amide bonds. The minimum atomic E-state index is -2.49. The fourth-order valence-electron chi connectivity index (χ4n) is 0.942. The smallest absolute Gasteiger partial charge is 0.768 e. The molecular weight excluding hydrogens is 229 g/mol. The predicted molar refractivity (Wildman–Crippen MR) is 49.6 cm³/mol. The molecule has 0 aromatic heterocycles. The van der Waals surface area contributed by atoms with Crippen molar-refractivity contribution in [2.45, 2.75) is 11.8 Å². The first-order chi connectivity index (χ1) is 6.50. The first-order valence-corrected chi connectivity index (χ1v) is 4.78. The minimum absolute atomic E-state index is 0. The number of amides is 1. The standard InChI is InChI=1S/C8H9NO4S.Na/c1-5(10)9-7-3-2-6(11)4-8(7)14(12)13;/h2-4,11H,1H3,(H,9,10)(H,12,13);/q;+1/p-1. The number of carbonyl (C=O) groups excluding carboxylic acids is 1. The van der Waals surface area contributed by atoms with Crippen LogP contribution in [0.25, 0.3) is 0 Å². The van der Waals surface area contributed by atoms with Crippen molar-refractivity contribution >= 4 is 22.7 Å². The summed E-state index contributed by atoms with van der Waals surface area (Å²) in [5.41, 5.74) is 0.156. The SMILES string of the molecule is CC(=O)Nc1ccc(O)cc1S(=O)[O-].[Na+]. The zero-order chi connectivity index (χ0) is 10.7. The number of phenolic OH excluding ortho intramolecular Hbond substituents is 1. The van der Waals surface area contributed by atoms with Crippen molar-refractivity contribution in [1.29, 1.82) is 0 Å². The third-order valence-electron chi connectivity index (χ3n) is 1.46. The molecule has 76 valence electrons. The van der Waals surface area contributed by atoms with Gasteiger partial charge in [-0.05, 0) is 29.3 Å². The van der Waals surface area contributed by atoms with Crippen LogP contribution >= 0.6 is 0 Å². The van der Waals surface area contributed by atoms with Crippen molar-refractivity contribution in [3.8, 4) is 5.75 Å². The van der Waals surface area contributed by atoms with E-state index in [1.165, 1.54) is 19.1 Å². The number of hydrogen-bond acceptors (Lipinski definition) is 4. The van der Waals surface area contributed by atoms with Gasteiger partial charge in [0.1, 0.15) is 5.75 Å². The zero-order valence-corrected chi connectivity index (χ0v) is 11.1. The minimum Gasteiger partial charge on any atom is -0.768 e. The summed E-state index contributed by atoms with van der Waals surface area (Å²) in [4.78, 5) is 10.6. The van der Waals surface area contributed by atoms with Gasteiger partial charge in [-0.15, -0.1) is 0 Å². The Balaban J connectivity index is 0.00000196. The second-order valence-electron chi connectivity index (χ2n) is 2.60. The maximum absolute atomic E-state index is 10.7. The number of aromatic hydroxyl groups is 1. The molecule has 0 aliphatic rings. The molecule has 7 heteroatoms. The van der Waals surface area contributed by atoms with Gasteiger partial charge in [0.25, 0.3) is 0 Å². The van der Waals surface area contributed by atoms with Crippen LogP contribution in [0.4, 0.5) is 5.69 Å². The van der Waals surface area contributed by atoms with Crippen LogP contribution in [0.1, 0.15) is 6.92 Å². The van der Waals surface area contributed by atoms with Crippen LogP contribution in [-0.2, 0) is 15.9 Å². The van der Waals surface area contributed by atoms with E-state index < -0.39 is 11.1 Å². The van der Waals surface area contributed by atoms with Gasteiger partial charge in [-0.2, -0.15) is 0 Å². The van der Waals surface area contributed by atoms with E-state index in [1.54, 1.807) is 0 Å². The number of hydrogen-bond donors (Lipinski definition) is 2. The molecule has 0 fully saturated rings. The molecule has 0 bridgehead atoms. The molecule has 0 heterocycles. The summed E-state index contributed by atoms with van der Waals surface area (Å²) >= 11 is -2.49. The second kappa shape index (κ2) is 6.24. The van der Waals surface area contributed by atoms with E-state index in [0.29, 0.717) is 0 Å². The van der Waals surface area contributed by atoms with Crippen LogP contribution in [0.2, 0.25) is 0 Å². The van der Waals surface area contributed by atoms with Gasteiger partial charge in [0.2, 0.25) is 5.91 Å². The molecule has 2 N–H and O–H groups in total. The topological polar surface area (TPSA) is 89.5 Å². The Bertz CT molecular complexity index is 396. The molecule has 1 rings (SSSR count). The monoisotopic (exact) mass is 237 g/mol. The molecule has 1 unspecified atom stereocenters. The summed E-state index contributed by atoms with van der Waals surface area (Å²) in [6.07, 6.45) is 0. The molecular formula is C8H8NNaO4S. The predicted octanol–water partition coefficient (Wildman–Crippen LogP) is -2.41. The van der Waals surface area contributed by atoms with Crippen LogP contribution in [0, 0.1) is 0 Å². The zero-order valence-electron chi connectivity index (χ0n) is 8.31. The summed E-state index contributed by atoms with van der Waals surface area (Å²) in [7, 11) is 0. The van der Waals surface area contributed by atoms with Gasteiger partial charge in [-0.25, -0.2) is 0 Å². The van der Waals surface area contributed by atoms with Gasteiger partial charge in [-0.3, -0.25) is 9.00 Å². The molecule has 1 aromatic carbocycles. The van der Waals surface area contributed by atoms with Gasteiger partial charge in [0.05, 0.1) is 10.6 Å². The third-order valence-corrected chi connectivity index (χ3v) is 2.15. The molecule has 0 saturated heterocycles. The average molecular weight is 237 g/mol. The maximum Gasteiger partial charge on any atom is 1.00 e. The first kappa shape index (κ1) is 14.6. The number of carbonyl (C=O) groups is 1. The van der Waals surface area contributed by atoms with Crippen LogP contribution in [-0.4, -0.2) is 19.8 Å². The molecule has 15 heavy (non-hydrogen) atoms. The van der Waals surface area contributed by atoms with Gasteiger partial charge in [0, 0.05) is 6.92 Å². The summed E-state index contributed by atoms with van der Waals surface area (Å²) in [6.45, 7) is 1.27. The number of benzene rings is 1. The van der Waals surface area contributed by atoms with Crippen LogP contribution in [0.15, 0.2) is 23.1 Å². The number of rotatable bonds is 2. The van der Waals surface area contributed by atoms with Crippen molar-refractivity contribution in [2.24, 2.45) is 0 Å². The molecule has 0 spiro atoms. The number of anilines is 1. The van der Waals surface area contributed by atoms with Gasteiger partial charge < -0.3 is 15.0 Å². The summed E-state index contributed by atoms with van der Waals surface area (Å²) in [6, 6.07) is 3.68. The average Bonchev–Trinajstić information content (AvgIpc) is 2.07. The summed E-state index contributed by atoms with van der Waals surface area (Å²) < 4.78 is 21.4. The normalized spacial score (nSPS) is 11.3. The van der Waals surface area contributed by atoms with E-state index in [4.69, 9.17) is 5.11 Å². The fourth-order valence-corrected chi connectivity index (χ4v) is 1.46. The van der Waals surface area contributed by atoms with Crippen molar-refractivity contribution in [3.63, 3.8) is 0 Å². The number of nitrogens with one attached hydrogen (secondary N) is 1. The molecule has 0 radical (unpaired) electrons. The Labute approximate surface area is 111 Å². The van der Waals surface area contributed by atoms with Crippen LogP contribution < -0.4 is 34.9 Å². The Hall–Kier alpha value is -0.400. The van der Waals surface area contributed by atoms with Gasteiger partial charge in [-0.1, -0.05) is 0 Å².